The fourth-order valence-electron chi connectivity index (χ4n) is 1.84. The monoisotopic (exact) mass is 372 g/mol. The van der Waals surface area contributed by atoms with Gasteiger partial charge in [0.25, 0.3) is 17.1 Å². The number of benzene rings is 1. The molecule has 0 spiro atoms. The predicted octanol–water partition coefficient (Wildman–Crippen LogP) is 2.62. The van der Waals surface area contributed by atoms with Gasteiger partial charge in [-0.15, -0.1) is 0 Å². The van der Waals surface area contributed by atoms with Crippen molar-refractivity contribution in [3.05, 3.63) is 29.8 Å². The highest BCUT2D eigenvalue weighted by molar-refractivity contribution is 6.23. The molecule has 1 heterocycles. The molecule has 1 N–H and O–H groups in total. The van der Waals surface area contributed by atoms with Crippen LogP contribution in [0.25, 0.3) is 0 Å². The van der Waals surface area contributed by atoms with E-state index in [0.29, 0.717) is 0 Å². The number of aliphatic hydroxyl groups is 1. The minimum atomic E-state index is -5.94. The number of alkyl halides is 6. The molecule has 5 nitrogen and oxygen atoms in total. The van der Waals surface area contributed by atoms with Crippen molar-refractivity contribution < 1.29 is 36.6 Å². The topological polar surface area (TPSA) is 62.1 Å². The van der Waals surface area contributed by atoms with Crippen LogP contribution >= 0.6 is 11.6 Å². The molecule has 0 saturated carbocycles. The molecule has 0 fully saturated rings. The summed E-state index contributed by atoms with van der Waals surface area (Å²) in [5.41, 5.74) is -0.705. The van der Waals surface area contributed by atoms with E-state index in [4.69, 9.17) is 21.4 Å². The normalized spacial score (nSPS) is 20.0. The third-order valence-corrected chi connectivity index (χ3v) is 3.71. The van der Waals surface area contributed by atoms with Crippen molar-refractivity contribution in [1.82, 2.24) is 0 Å². The molecule has 1 aliphatic heterocycles. The van der Waals surface area contributed by atoms with Crippen molar-refractivity contribution in [2.24, 2.45) is 4.99 Å². The maximum atomic E-state index is 14.1. The van der Waals surface area contributed by atoms with Crippen LogP contribution in [0.2, 0.25) is 0 Å². The van der Waals surface area contributed by atoms with Crippen molar-refractivity contribution in [3.63, 3.8) is 0 Å². The number of carbonyl (C=O) groups is 1. The highest BCUT2D eigenvalue weighted by atomic mass is 35.5. The SMILES string of the molecule is CN(C1=NC(=O)CO1)c1ccc(C(F)(Cl)C(O)(F)C(F)(F)F)cc1. The van der Waals surface area contributed by atoms with Gasteiger partial charge < -0.3 is 9.84 Å². The molecule has 1 amide bonds. The molecular formula is C13H10ClF5N2O3. The molecule has 11 heteroatoms. The van der Waals surface area contributed by atoms with E-state index in [-0.39, 0.29) is 18.3 Å². The Hall–Kier alpha value is -1.94. The third-order valence-electron chi connectivity index (χ3n) is 3.24. The highest BCUT2D eigenvalue weighted by Gasteiger charge is 2.69. The number of hydrogen-bond donors (Lipinski definition) is 1. The summed E-state index contributed by atoms with van der Waals surface area (Å²) in [6.45, 7) is -0.256. The molecule has 0 aromatic heterocycles. The van der Waals surface area contributed by atoms with Gasteiger partial charge in [-0.05, 0) is 12.1 Å². The summed E-state index contributed by atoms with van der Waals surface area (Å²) >= 11 is 5.00. The Labute approximate surface area is 137 Å². The number of amides is 1. The zero-order valence-corrected chi connectivity index (χ0v) is 12.7. The fourth-order valence-corrected chi connectivity index (χ4v) is 2.08. The Kier molecular flexibility index (Phi) is 4.49. The van der Waals surface area contributed by atoms with Crippen LogP contribution in [0.4, 0.5) is 27.6 Å². The fraction of sp³-hybridized carbons (Fsp3) is 0.385. The lowest BCUT2D eigenvalue weighted by Crippen LogP contribution is -2.53. The van der Waals surface area contributed by atoms with E-state index in [1.165, 1.54) is 11.9 Å². The molecule has 0 bridgehead atoms. The molecule has 132 valence electrons. The van der Waals surface area contributed by atoms with Gasteiger partial charge in [0.2, 0.25) is 0 Å². The number of ether oxygens (including phenoxy) is 1. The summed E-state index contributed by atoms with van der Waals surface area (Å²) in [4.78, 5) is 15.8. The van der Waals surface area contributed by atoms with Crippen LogP contribution in [0, 0.1) is 0 Å². The first kappa shape index (κ1) is 18.4. The van der Waals surface area contributed by atoms with Gasteiger partial charge in [0, 0.05) is 18.3 Å². The number of aliphatic imine (C=N–C) groups is 1. The van der Waals surface area contributed by atoms with E-state index in [9.17, 15) is 26.7 Å². The van der Waals surface area contributed by atoms with Crippen LogP contribution in [0.1, 0.15) is 5.56 Å². The van der Waals surface area contributed by atoms with Crippen molar-refractivity contribution in [1.29, 1.82) is 0 Å². The maximum absolute atomic E-state index is 14.1. The average Bonchev–Trinajstić information content (AvgIpc) is 2.92. The molecule has 0 aliphatic carbocycles. The molecule has 1 aromatic carbocycles. The maximum Gasteiger partial charge on any atom is 0.453 e. The minimum Gasteiger partial charge on any atom is -0.454 e. The van der Waals surface area contributed by atoms with Gasteiger partial charge in [-0.3, -0.25) is 9.69 Å². The van der Waals surface area contributed by atoms with Gasteiger partial charge in [0.05, 0.1) is 0 Å². The van der Waals surface area contributed by atoms with Gasteiger partial charge in [-0.2, -0.15) is 22.6 Å². The van der Waals surface area contributed by atoms with E-state index in [1.54, 1.807) is 0 Å². The number of halogens is 6. The van der Waals surface area contributed by atoms with E-state index < -0.39 is 28.6 Å². The Morgan fingerprint density at radius 1 is 1.21 bits per heavy atom. The van der Waals surface area contributed by atoms with Gasteiger partial charge in [0.15, 0.2) is 6.61 Å². The molecule has 0 saturated heterocycles. The molecule has 2 rings (SSSR count). The number of rotatable bonds is 3. The summed E-state index contributed by atoms with van der Waals surface area (Å²) in [7, 11) is 1.43. The Morgan fingerprint density at radius 2 is 1.75 bits per heavy atom. The van der Waals surface area contributed by atoms with Gasteiger partial charge >= 0.3 is 12.0 Å². The summed E-state index contributed by atoms with van der Waals surface area (Å²) < 4.78 is 69.8. The molecular weight excluding hydrogens is 363 g/mol. The average molecular weight is 373 g/mol. The molecule has 24 heavy (non-hydrogen) atoms. The van der Waals surface area contributed by atoms with Crippen LogP contribution in [0.3, 0.4) is 0 Å². The lowest BCUT2D eigenvalue weighted by Gasteiger charge is -2.32. The van der Waals surface area contributed by atoms with Crippen molar-refractivity contribution in [2.75, 3.05) is 18.6 Å². The lowest BCUT2D eigenvalue weighted by molar-refractivity contribution is -0.347. The molecule has 2 atom stereocenters. The second-order valence-electron chi connectivity index (χ2n) is 4.88. The summed E-state index contributed by atoms with van der Waals surface area (Å²) in [5.74, 6) is -5.82. The molecule has 2 unspecified atom stereocenters. The van der Waals surface area contributed by atoms with Crippen molar-refractivity contribution >= 4 is 29.2 Å². The van der Waals surface area contributed by atoms with Crippen LogP contribution < -0.4 is 4.90 Å². The smallest absolute Gasteiger partial charge is 0.453 e. The number of amidine groups is 1. The zero-order chi connectivity index (χ0) is 18.3. The van der Waals surface area contributed by atoms with Gasteiger partial charge in [-0.25, -0.2) is 4.39 Å². The first-order chi connectivity index (χ1) is 10.9. The van der Waals surface area contributed by atoms with Crippen molar-refractivity contribution in [3.8, 4) is 0 Å². The van der Waals surface area contributed by atoms with Gasteiger partial charge in [0.1, 0.15) is 0 Å². The predicted molar refractivity (Wildman–Crippen MR) is 74.0 cm³/mol. The number of carbonyl (C=O) groups excluding carboxylic acids is 1. The van der Waals surface area contributed by atoms with Crippen LogP contribution in [-0.4, -0.2) is 42.7 Å². The first-order valence-corrected chi connectivity index (χ1v) is 6.70. The van der Waals surface area contributed by atoms with E-state index in [0.717, 1.165) is 24.3 Å². The third kappa shape index (κ3) is 3.03. The van der Waals surface area contributed by atoms with E-state index in [1.807, 2.05) is 0 Å². The summed E-state index contributed by atoms with van der Waals surface area (Å²) in [5, 5.41) is 4.58. The number of nitrogens with zero attached hydrogens (tertiary/aromatic N) is 2. The highest BCUT2D eigenvalue weighted by Crippen LogP contribution is 2.50. The van der Waals surface area contributed by atoms with E-state index in [2.05, 4.69) is 4.99 Å². The van der Waals surface area contributed by atoms with Gasteiger partial charge in [-0.1, -0.05) is 23.7 Å². The van der Waals surface area contributed by atoms with Crippen LogP contribution in [0.15, 0.2) is 29.3 Å². The second kappa shape index (κ2) is 5.85. The zero-order valence-electron chi connectivity index (χ0n) is 11.9. The standard InChI is InChI=1S/C13H10ClF5N2O3/c1-21(10-20-9(22)6-24-10)8-4-2-7(3-5-8)11(14,15)12(16,23)13(17,18)19/h2-5,23H,6H2,1H3. The molecule has 1 aromatic rings. The van der Waals surface area contributed by atoms with Crippen molar-refractivity contribution in [2.45, 2.75) is 17.2 Å². The minimum absolute atomic E-state index is 0.0672. The quantitative estimate of drug-likeness (QED) is 0.654. The number of hydrogen-bond acceptors (Lipinski definition) is 4. The van der Waals surface area contributed by atoms with Crippen LogP contribution in [0.5, 0.6) is 0 Å². The Bertz CT molecular complexity index is 673. The summed E-state index contributed by atoms with van der Waals surface area (Å²) in [6.07, 6.45) is -5.94. The van der Waals surface area contributed by atoms with E-state index >= 15 is 0 Å². The summed E-state index contributed by atoms with van der Waals surface area (Å²) in [6, 6.07) is 3.63. The Balaban J connectivity index is 2.29. The lowest BCUT2D eigenvalue weighted by atomic mass is 10.0. The first-order valence-electron chi connectivity index (χ1n) is 6.32. The second-order valence-corrected chi connectivity index (χ2v) is 5.40. The molecule has 0 radical (unpaired) electrons. The van der Waals surface area contributed by atoms with Crippen LogP contribution in [-0.2, 0) is 14.7 Å². The Morgan fingerprint density at radius 3 is 2.17 bits per heavy atom. The molecule has 1 aliphatic rings. The number of anilines is 1. The largest absolute Gasteiger partial charge is 0.454 e.